The molecule has 4 aromatic rings. The zero-order valence-electron chi connectivity index (χ0n) is 20.2. The molecule has 0 bridgehead atoms. The van der Waals surface area contributed by atoms with E-state index in [9.17, 15) is 23.2 Å². The third-order valence-corrected chi connectivity index (χ3v) is 8.84. The number of nitrogens with zero attached hydrogens (tertiary/aromatic N) is 2. The number of para-hydroxylation sites is 1. The molecule has 1 unspecified atom stereocenters. The summed E-state index contributed by atoms with van der Waals surface area (Å²) in [6, 6.07) is 17.7. The Bertz CT molecular complexity index is 1690. The fourth-order valence-electron chi connectivity index (χ4n) is 4.46. The topological polar surface area (TPSA) is 134 Å². The first-order valence-electron chi connectivity index (χ1n) is 11.7. The zero-order valence-corrected chi connectivity index (χ0v) is 22.5. The molecule has 5 rings (SSSR count). The predicted molar refractivity (Wildman–Crippen MR) is 144 cm³/mol. The van der Waals surface area contributed by atoms with E-state index in [1.807, 2.05) is 0 Å². The summed E-state index contributed by atoms with van der Waals surface area (Å²) in [5.74, 6) is -0.666. The number of aromatic nitrogens is 2. The second-order valence-electron chi connectivity index (χ2n) is 8.72. The molecule has 0 fully saturated rings. The molecular weight excluding hydrogens is 567 g/mol. The van der Waals surface area contributed by atoms with Crippen molar-refractivity contribution in [1.82, 2.24) is 19.6 Å². The number of sulfonamides is 1. The number of hydrogen-bond donors (Lipinski definition) is 3. The van der Waals surface area contributed by atoms with E-state index < -0.39 is 27.5 Å². The van der Waals surface area contributed by atoms with Gasteiger partial charge in [0.15, 0.2) is 0 Å². The van der Waals surface area contributed by atoms with Gasteiger partial charge >= 0.3 is 0 Å². The summed E-state index contributed by atoms with van der Waals surface area (Å²) in [5.41, 5.74) is 2.45. The molecule has 1 aliphatic rings. The molecule has 0 spiro atoms. The summed E-state index contributed by atoms with van der Waals surface area (Å²) in [5, 5.41) is 13.4. The van der Waals surface area contributed by atoms with Crippen LogP contribution in [-0.4, -0.2) is 40.2 Å². The molecule has 0 saturated carbocycles. The molecule has 10 nitrogen and oxygen atoms in total. The lowest BCUT2D eigenvalue weighted by Gasteiger charge is -2.32. The van der Waals surface area contributed by atoms with Gasteiger partial charge in [0.2, 0.25) is 10.0 Å². The van der Waals surface area contributed by atoms with Crippen molar-refractivity contribution in [2.75, 3.05) is 6.54 Å². The van der Waals surface area contributed by atoms with Crippen LogP contribution in [0, 0.1) is 0 Å². The molecule has 0 saturated heterocycles. The van der Waals surface area contributed by atoms with Gasteiger partial charge in [-0.25, -0.2) is 18.6 Å². The van der Waals surface area contributed by atoms with Crippen LogP contribution in [0.3, 0.4) is 0 Å². The van der Waals surface area contributed by atoms with Gasteiger partial charge in [0, 0.05) is 34.3 Å². The number of rotatable bonds is 7. The van der Waals surface area contributed by atoms with Crippen LogP contribution in [0.2, 0.25) is 10.0 Å². The van der Waals surface area contributed by atoms with E-state index in [0.717, 1.165) is 4.31 Å². The van der Waals surface area contributed by atoms with E-state index in [2.05, 4.69) is 5.10 Å². The molecule has 1 amide bonds. The minimum Gasteiger partial charge on any atom is -0.489 e. The number of aromatic amines is 1. The number of hydrogen-bond acceptors (Lipinski definition) is 6. The lowest BCUT2D eigenvalue weighted by atomic mass is 10.0. The fourth-order valence-corrected chi connectivity index (χ4v) is 6.39. The van der Waals surface area contributed by atoms with E-state index in [4.69, 9.17) is 27.9 Å². The summed E-state index contributed by atoms with van der Waals surface area (Å²) in [6.45, 7) is 0.00793. The van der Waals surface area contributed by atoms with E-state index in [0.29, 0.717) is 32.7 Å². The van der Waals surface area contributed by atoms with Gasteiger partial charge in [-0.05, 0) is 54.6 Å². The number of H-pyrrole nitrogens is 1. The average Bonchev–Trinajstić information content (AvgIpc) is 3.29. The van der Waals surface area contributed by atoms with Gasteiger partial charge in [-0.1, -0.05) is 41.4 Å². The van der Waals surface area contributed by atoms with Crippen molar-refractivity contribution in [3.8, 4) is 11.4 Å². The van der Waals surface area contributed by atoms with Crippen molar-refractivity contribution in [1.29, 1.82) is 0 Å². The Morgan fingerprint density at radius 1 is 1.08 bits per heavy atom. The lowest BCUT2D eigenvalue weighted by Crippen LogP contribution is -2.48. The van der Waals surface area contributed by atoms with Crippen LogP contribution in [0.25, 0.3) is 5.69 Å². The van der Waals surface area contributed by atoms with Gasteiger partial charge in [0.05, 0.1) is 16.1 Å². The van der Waals surface area contributed by atoms with Gasteiger partial charge < -0.3 is 4.74 Å². The number of amides is 1. The SMILES string of the molecule is O=C(NO)C1c2c([nH]n(-c3ccccc3)c2=O)CCN1S(=O)(=O)c1ccc(OCc2cc(Cl)ccc2Cl)cc1. The summed E-state index contributed by atoms with van der Waals surface area (Å²) < 4.78 is 35.2. The Morgan fingerprint density at radius 2 is 1.79 bits per heavy atom. The van der Waals surface area contributed by atoms with E-state index >= 15 is 0 Å². The van der Waals surface area contributed by atoms with Crippen molar-refractivity contribution < 1.29 is 23.2 Å². The van der Waals surface area contributed by atoms with E-state index in [-0.39, 0.29) is 30.0 Å². The quantitative estimate of drug-likeness (QED) is 0.222. The predicted octanol–water partition coefficient (Wildman–Crippen LogP) is 3.84. The molecule has 202 valence electrons. The minimum atomic E-state index is -4.27. The van der Waals surface area contributed by atoms with Crippen LogP contribution in [0.5, 0.6) is 5.75 Å². The first kappa shape index (κ1) is 27.0. The molecule has 0 aliphatic carbocycles. The summed E-state index contributed by atoms with van der Waals surface area (Å²) in [4.78, 5) is 26.0. The number of hydroxylamine groups is 1. The van der Waals surface area contributed by atoms with Gasteiger partial charge in [0.25, 0.3) is 11.5 Å². The summed E-state index contributed by atoms with van der Waals surface area (Å²) >= 11 is 12.2. The van der Waals surface area contributed by atoms with Crippen LogP contribution in [0.4, 0.5) is 0 Å². The third kappa shape index (κ3) is 5.19. The molecule has 1 aliphatic heterocycles. The van der Waals surface area contributed by atoms with Crippen LogP contribution in [-0.2, 0) is 27.8 Å². The van der Waals surface area contributed by atoms with Crippen LogP contribution in [0.1, 0.15) is 22.9 Å². The molecule has 1 atom stereocenters. The highest BCUT2D eigenvalue weighted by atomic mass is 35.5. The Labute approximate surface area is 233 Å². The number of nitrogens with one attached hydrogen (secondary N) is 2. The minimum absolute atomic E-state index is 0.0569. The number of halogens is 2. The number of carbonyl (C=O) groups is 1. The first-order valence-corrected chi connectivity index (χ1v) is 13.9. The Hall–Kier alpha value is -3.61. The summed E-state index contributed by atoms with van der Waals surface area (Å²) in [6.07, 6.45) is 0.153. The Kier molecular flexibility index (Phi) is 7.52. The van der Waals surface area contributed by atoms with Gasteiger partial charge in [0.1, 0.15) is 18.4 Å². The fraction of sp³-hybridized carbons (Fsp3) is 0.154. The monoisotopic (exact) mass is 588 g/mol. The lowest BCUT2D eigenvalue weighted by molar-refractivity contribution is -0.133. The van der Waals surface area contributed by atoms with E-state index in [1.165, 1.54) is 34.4 Å². The number of carbonyl (C=O) groups excluding carboxylic acids is 1. The average molecular weight is 589 g/mol. The molecule has 1 aromatic heterocycles. The molecule has 13 heteroatoms. The van der Waals surface area contributed by atoms with Gasteiger partial charge in [-0.3, -0.25) is 19.9 Å². The van der Waals surface area contributed by atoms with Gasteiger partial charge in [-0.2, -0.15) is 4.31 Å². The molecule has 3 N–H and O–H groups in total. The van der Waals surface area contributed by atoms with Crippen molar-refractivity contribution in [3.05, 3.63) is 110 Å². The maximum atomic E-state index is 13.7. The number of ether oxygens (including phenoxy) is 1. The molecule has 3 aromatic carbocycles. The number of benzene rings is 3. The highest BCUT2D eigenvalue weighted by Gasteiger charge is 2.43. The zero-order chi connectivity index (χ0) is 27.7. The van der Waals surface area contributed by atoms with Crippen molar-refractivity contribution >= 4 is 39.1 Å². The largest absolute Gasteiger partial charge is 0.489 e. The molecule has 0 radical (unpaired) electrons. The second kappa shape index (κ2) is 10.9. The first-order chi connectivity index (χ1) is 18.7. The van der Waals surface area contributed by atoms with Crippen LogP contribution < -0.4 is 15.8 Å². The second-order valence-corrected chi connectivity index (χ2v) is 11.5. The van der Waals surface area contributed by atoms with E-state index in [1.54, 1.807) is 48.5 Å². The standard InChI is InChI=1S/C26H22Cl2N4O6S/c27-17-6-11-21(28)16(14-17)15-38-19-7-9-20(10-8-19)39(36,37)31-13-12-22-23(24(31)25(33)30-35)26(34)32(29-22)18-4-2-1-3-5-18/h1-11,14,24,29,35H,12-13,15H2,(H,30,33). The highest BCUT2D eigenvalue weighted by Crippen LogP contribution is 2.33. The number of fused-ring (bicyclic) bond motifs is 1. The normalized spacial score (nSPS) is 15.5. The maximum absolute atomic E-state index is 13.7. The molecule has 39 heavy (non-hydrogen) atoms. The Balaban J connectivity index is 1.44. The maximum Gasteiger partial charge on any atom is 0.276 e. The third-order valence-electron chi connectivity index (χ3n) is 6.35. The van der Waals surface area contributed by atoms with Crippen molar-refractivity contribution in [2.45, 2.75) is 24.0 Å². The summed E-state index contributed by atoms with van der Waals surface area (Å²) in [7, 11) is -4.27. The van der Waals surface area contributed by atoms with Crippen molar-refractivity contribution in [3.63, 3.8) is 0 Å². The highest BCUT2D eigenvalue weighted by molar-refractivity contribution is 7.89. The Morgan fingerprint density at radius 3 is 2.49 bits per heavy atom. The molecule has 2 heterocycles. The van der Waals surface area contributed by atoms with Crippen molar-refractivity contribution in [2.24, 2.45) is 0 Å². The molecular formula is C26H22Cl2N4O6S. The van der Waals surface area contributed by atoms with Gasteiger partial charge in [-0.15, -0.1) is 0 Å². The van der Waals surface area contributed by atoms with Crippen LogP contribution >= 0.6 is 23.2 Å². The smallest absolute Gasteiger partial charge is 0.276 e. The van der Waals surface area contributed by atoms with Crippen LogP contribution in [0.15, 0.2) is 82.5 Å².